The van der Waals surface area contributed by atoms with E-state index in [0.29, 0.717) is 5.56 Å². The maximum absolute atomic E-state index is 12.3. The van der Waals surface area contributed by atoms with Crippen LogP contribution in [0.2, 0.25) is 0 Å². The maximum Gasteiger partial charge on any atom is 0.193 e. The minimum absolute atomic E-state index is 0.0410. The average molecular weight is 267 g/mol. The average Bonchev–Trinajstić information content (AvgIpc) is 2.56. The molecule has 2 heterocycles. The van der Waals surface area contributed by atoms with Gasteiger partial charge in [0.05, 0.1) is 0 Å². The molecule has 1 saturated heterocycles. The van der Waals surface area contributed by atoms with Crippen LogP contribution < -0.4 is 10.2 Å². The highest BCUT2D eigenvalue weighted by atomic mass is 16.1. The summed E-state index contributed by atoms with van der Waals surface area (Å²) < 4.78 is 0. The molecule has 1 aromatic heterocycles. The highest BCUT2D eigenvalue weighted by molar-refractivity contribution is 6.09. The van der Waals surface area contributed by atoms with Crippen LogP contribution in [-0.4, -0.2) is 36.9 Å². The van der Waals surface area contributed by atoms with Gasteiger partial charge < -0.3 is 10.2 Å². The number of carbonyl (C=O) groups excluding carboxylic acids is 1. The molecular weight excluding hydrogens is 250 g/mol. The molecule has 4 heteroatoms. The molecule has 0 atom stereocenters. The number of pyridine rings is 1. The van der Waals surface area contributed by atoms with Crippen LogP contribution in [0.4, 0.5) is 5.69 Å². The first kappa shape index (κ1) is 12.8. The van der Waals surface area contributed by atoms with Crippen LogP contribution in [0, 0.1) is 0 Å². The Labute approximate surface area is 118 Å². The molecule has 1 fully saturated rings. The largest absolute Gasteiger partial charge is 0.369 e. The molecule has 0 saturated carbocycles. The number of piperazine rings is 1. The first-order valence-electron chi connectivity index (χ1n) is 6.85. The summed E-state index contributed by atoms with van der Waals surface area (Å²) in [6.45, 7) is 4.05. The van der Waals surface area contributed by atoms with E-state index in [-0.39, 0.29) is 5.78 Å². The first-order valence-corrected chi connectivity index (χ1v) is 6.85. The van der Waals surface area contributed by atoms with Crippen molar-refractivity contribution < 1.29 is 4.79 Å². The number of aromatic nitrogens is 1. The molecule has 1 N–H and O–H groups in total. The van der Waals surface area contributed by atoms with Crippen LogP contribution in [0.25, 0.3) is 0 Å². The van der Waals surface area contributed by atoms with Crippen molar-refractivity contribution in [2.45, 2.75) is 0 Å². The Bertz CT molecular complexity index is 574. The molecule has 2 aromatic rings. The summed E-state index contributed by atoms with van der Waals surface area (Å²) in [5.41, 5.74) is 2.57. The molecule has 0 bridgehead atoms. The number of hydrogen-bond acceptors (Lipinski definition) is 4. The van der Waals surface area contributed by atoms with Crippen molar-refractivity contribution >= 4 is 11.5 Å². The third kappa shape index (κ3) is 2.70. The van der Waals surface area contributed by atoms with Crippen molar-refractivity contribution in [1.82, 2.24) is 10.3 Å². The van der Waals surface area contributed by atoms with Gasteiger partial charge in [0, 0.05) is 55.4 Å². The second kappa shape index (κ2) is 5.84. The predicted molar refractivity (Wildman–Crippen MR) is 79.2 cm³/mol. The molecule has 1 aromatic carbocycles. The zero-order valence-electron chi connectivity index (χ0n) is 11.2. The fourth-order valence-electron chi connectivity index (χ4n) is 2.42. The van der Waals surface area contributed by atoms with Gasteiger partial charge >= 0.3 is 0 Å². The molecule has 0 unspecified atom stereocenters. The van der Waals surface area contributed by atoms with Gasteiger partial charge in [0.1, 0.15) is 0 Å². The Balaban J connectivity index is 1.77. The number of nitrogens with one attached hydrogen (secondary N) is 1. The summed E-state index contributed by atoms with van der Waals surface area (Å²) in [5.74, 6) is 0.0410. The van der Waals surface area contributed by atoms with E-state index >= 15 is 0 Å². The van der Waals surface area contributed by atoms with E-state index in [0.717, 1.165) is 31.7 Å². The zero-order chi connectivity index (χ0) is 13.8. The second-order valence-corrected chi connectivity index (χ2v) is 4.85. The molecule has 0 radical (unpaired) electrons. The van der Waals surface area contributed by atoms with Crippen LogP contribution in [0.15, 0.2) is 48.8 Å². The lowest BCUT2D eigenvalue weighted by atomic mass is 10.0. The predicted octanol–water partition coefficient (Wildman–Crippen LogP) is 1.72. The minimum Gasteiger partial charge on any atom is -0.369 e. The van der Waals surface area contributed by atoms with Gasteiger partial charge in [0.15, 0.2) is 5.78 Å². The van der Waals surface area contributed by atoms with Crippen molar-refractivity contribution in [3.63, 3.8) is 0 Å². The third-order valence-electron chi connectivity index (χ3n) is 3.55. The highest BCUT2D eigenvalue weighted by Gasteiger charge is 2.12. The number of hydrogen-bond donors (Lipinski definition) is 1. The summed E-state index contributed by atoms with van der Waals surface area (Å²) in [7, 11) is 0. The van der Waals surface area contributed by atoms with Gasteiger partial charge in [0.25, 0.3) is 0 Å². The standard InChI is InChI=1S/C16H17N3O/c20-16(14-5-7-17-8-6-14)13-1-3-15(4-2-13)19-11-9-18-10-12-19/h1-8,18H,9-12H2. The minimum atomic E-state index is 0.0410. The monoisotopic (exact) mass is 267 g/mol. The van der Waals surface area contributed by atoms with E-state index in [1.807, 2.05) is 24.3 Å². The number of benzene rings is 1. The van der Waals surface area contributed by atoms with Crippen molar-refractivity contribution in [3.8, 4) is 0 Å². The Kier molecular flexibility index (Phi) is 3.74. The molecule has 102 valence electrons. The first-order chi connectivity index (χ1) is 9.84. The number of ketones is 1. The van der Waals surface area contributed by atoms with E-state index in [9.17, 15) is 4.79 Å². The number of anilines is 1. The van der Waals surface area contributed by atoms with Gasteiger partial charge in [-0.15, -0.1) is 0 Å². The van der Waals surface area contributed by atoms with E-state index < -0.39 is 0 Å². The van der Waals surface area contributed by atoms with Crippen molar-refractivity contribution in [2.24, 2.45) is 0 Å². The SMILES string of the molecule is O=C(c1ccncc1)c1ccc(N2CCNCC2)cc1. The zero-order valence-corrected chi connectivity index (χ0v) is 11.2. The highest BCUT2D eigenvalue weighted by Crippen LogP contribution is 2.17. The van der Waals surface area contributed by atoms with Crippen LogP contribution in [0.1, 0.15) is 15.9 Å². The summed E-state index contributed by atoms with van der Waals surface area (Å²) in [4.78, 5) is 18.5. The third-order valence-corrected chi connectivity index (χ3v) is 3.55. The van der Waals surface area contributed by atoms with Gasteiger partial charge in [-0.2, -0.15) is 0 Å². The molecule has 1 aliphatic heterocycles. The van der Waals surface area contributed by atoms with Crippen molar-refractivity contribution in [1.29, 1.82) is 0 Å². The summed E-state index contributed by atoms with van der Waals surface area (Å²) >= 11 is 0. The smallest absolute Gasteiger partial charge is 0.193 e. The fraction of sp³-hybridized carbons (Fsp3) is 0.250. The number of rotatable bonds is 3. The Morgan fingerprint density at radius 3 is 2.20 bits per heavy atom. The number of carbonyl (C=O) groups is 1. The van der Waals surface area contributed by atoms with Crippen molar-refractivity contribution in [2.75, 3.05) is 31.1 Å². The lowest BCUT2D eigenvalue weighted by Crippen LogP contribution is -2.43. The van der Waals surface area contributed by atoms with E-state index in [4.69, 9.17) is 0 Å². The lowest BCUT2D eigenvalue weighted by molar-refractivity contribution is 0.103. The topological polar surface area (TPSA) is 45.2 Å². The van der Waals surface area contributed by atoms with E-state index in [2.05, 4.69) is 15.2 Å². The van der Waals surface area contributed by atoms with Crippen LogP contribution in [-0.2, 0) is 0 Å². The van der Waals surface area contributed by atoms with Gasteiger partial charge in [0.2, 0.25) is 0 Å². The molecule has 1 aliphatic rings. The quantitative estimate of drug-likeness (QED) is 0.860. The van der Waals surface area contributed by atoms with Crippen LogP contribution in [0.5, 0.6) is 0 Å². The molecule has 0 spiro atoms. The second-order valence-electron chi connectivity index (χ2n) is 4.85. The van der Waals surface area contributed by atoms with Crippen LogP contribution >= 0.6 is 0 Å². The molecule has 0 amide bonds. The Morgan fingerprint density at radius 2 is 1.55 bits per heavy atom. The van der Waals surface area contributed by atoms with E-state index in [1.165, 1.54) is 5.69 Å². The molecule has 0 aliphatic carbocycles. The normalized spacial score (nSPS) is 15.1. The Morgan fingerprint density at radius 1 is 0.950 bits per heavy atom. The summed E-state index contributed by atoms with van der Waals surface area (Å²) in [6.07, 6.45) is 3.28. The van der Waals surface area contributed by atoms with Gasteiger partial charge in [-0.1, -0.05) is 0 Å². The number of nitrogens with zero attached hydrogens (tertiary/aromatic N) is 2. The molecule has 4 nitrogen and oxygen atoms in total. The summed E-state index contributed by atoms with van der Waals surface area (Å²) in [5, 5.41) is 3.33. The lowest BCUT2D eigenvalue weighted by Gasteiger charge is -2.29. The molecule has 3 rings (SSSR count). The fourth-order valence-corrected chi connectivity index (χ4v) is 2.42. The van der Waals surface area contributed by atoms with Gasteiger partial charge in [-0.25, -0.2) is 0 Å². The molecule has 20 heavy (non-hydrogen) atoms. The summed E-state index contributed by atoms with van der Waals surface area (Å²) in [6, 6.07) is 11.3. The van der Waals surface area contributed by atoms with Gasteiger partial charge in [-0.05, 0) is 36.4 Å². The van der Waals surface area contributed by atoms with Gasteiger partial charge in [-0.3, -0.25) is 9.78 Å². The Hall–Kier alpha value is -2.20. The van der Waals surface area contributed by atoms with E-state index in [1.54, 1.807) is 24.5 Å². The maximum atomic E-state index is 12.3. The molecular formula is C16H17N3O. The van der Waals surface area contributed by atoms with Crippen molar-refractivity contribution in [3.05, 3.63) is 59.9 Å². The van der Waals surface area contributed by atoms with Crippen LogP contribution in [0.3, 0.4) is 0 Å².